The van der Waals surface area contributed by atoms with Crippen LogP contribution in [0.15, 0.2) is 188 Å². The second-order valence-electron chi connectivity index (χ2n) is 15.4. The van der Waals surface area contributed by atoms with Crippen LogP contribution >= 0.6 is 0 Å². The molecule has 10 aromatic rings. The van der Waals surface area contributed by atoms with Gasteiger partial charge >= 0.3 is 0 Å². The number of nitrogens with zero attached hydrogens (tertiary/aromatic N) is 3. The third kappa shape index (κ3) is 4.91. The third-order valence-corrected chi connectivity index (χ3v) is 11.8. The van der Waals surface area contributed by atoms with E-state index in [-0.39, 0.29) is 5.41 Å². The smallest absolute Gasteiger partial charge is 0.235 e. The number of benzene rings is 8. The predicted octanol–water partition coefficient (Wildman–Crippen LogP) is 13.7. The molecule has 0 amide bonds. The molecule has 0 saturated carbocycles. The Hall–Kier alpha value is -7.10. The molecule has 0 fully saturated rings. The van der Waals surface area contributed by atoms with Crippen molar-refractivity contribution in [2.75, 3.05) is 0 Å². The van der Waals surface area contributed by atoms with Gasteiger partial charge in [-0.05, 0) is 73.5 Å². The molecular formula is C53H37N3. The monoisotopic (exact) mass is 715 g/mol. The van der Waals surface area contributed by atoms with E-state index in [1.165, 1.54) is 44.2 Å². The maximum absolute atomic E-state index is 5.59. The molecule has 0 unspecified atom stereocenters. The van der Waals surface area contributed by atoms with Crippen molar-refractivity contribution in [1.82, 2.24) is 14.5 Å². The zero-order chi connectivity index (χ0) is 37.4. The molecule has 0 aliphatic heterocycles. The normalized spacial score (nSPS) is 13.0. The first-order chi connectivity index (χ1) is 27.5. The van der Waals surface area contributed by atoms with E-state index in [2.05, 4.69) is 206 Å². The van der Waals surface area contributed by atoms with Gasteiger partial charge < -0.3 is 0 Å². The largest absolute Gasteiger partial charge is 0.277 e. The number of aromatic nitrogens is 3. The van der Waals surface area contributed by atoms with Gasteiger partial charge in [-0.25, -0.2) is 9.97 Å². The Kier molecular flexibility index (Phi) is 7.20. The second-order valence-corrected chi connectivity index (χ2v) is 15.4. The zero-order valence-corrected chi connectivity index (χ0v) is 31.2. The highest BCUT2D eigenvalue weighted by atomic mass is 15.2. The fraction of sp³-hybridized carbons (Fsp3) is 0.0566. The Balaban J connectivity index is 1.16. The molecule has 2 aromatic heterocycles. The summed E-state index contributed by atoms with van der Waals surface area (Å²) in [5, 5.41) is 4.78. The van der Waals surface area contributed by atoms with Crippen molar-refractivity contribution in [2.24, 2.45) is 0 Å². The van der Waals surface area contributed by atoms with E-state index in [4.69, 9.17) is 9.97 Å². The maximum Gasteiger partial charge on any atom is 0.235 e. The first kappa shape index (κ1) is 32.3. The Morgan fingerprint density at radius 3 is 1.89 bits per heavy atom. The molecule has 1 aliphatic rings. The predicted molar refractivity (Wildman–Crippen MR) is 233 cm³/mol. The van der Waals surface area contributed by atoms with E-state index in [1.54, 1.807) is 0 Å². The molecule has 0 atom stereocenters. The van der Waals surface area contributed by atoms with Gasteiger partial charge in [0.25, 0.3) is 0 Å². The van der Waals surface area contributed by atoms with Crippen LogP contribution in [0.1, 0.15) is 25.0 Å². The van der Waals surface area contributed by atoms with Crippen LogP contribution in [0.3, 0.4) is 0 Å². The fourth-order valence-corrected chi connectivity index (χ4v) is 9.11. The molecule has 0 bridgehead atoms. The lowest BCUT2D eigenvalue weighted by Crippen LogP contribution is -2.24. The minimum atomic E-state index is -0.238. The van der Waals surface area contributed by atoms with Gasteiger partial charge in [0.15, 0.2) is 0 Å². The van der Waals surface area contributed by atoms with Crippen molar-refractivity contribution in [3.05, 3.63) is 199 Å². The van der Waals surface area contributed by atoms with Gasteiger partial charge in [0, 0.05) is 27.3 Å². The molecule has 3 nitrogen and oxygen atoms in total. The summed E-state index contributed by atoms with van der Waals surface area (Å²) < 4.78 is 2.29. The van der Waals surface area contributed by atoms with Crippen LogP contribution in [-0.4, -0.2) is 14.5 Å². The van der Waals surface area contributed by atoms with Gasteiger partial charge in [0.2, 0.25) is 5.95 Å². The first-order valence-corrected chi connectivity index (χ1v) is 19.3. The standard InChI is InChI=1S/C53H37N3/c1-53(2)44-24-14-25-46-49(44)50(42-32-31-39(33-45(42)53)34-15-5-3-6-16-34)55-52(54-46)56-47-26-12-11-22-43(47)48(51(56)38-18-7-4-8-19-38)37-29-27-36(28-30-37)41-23-13-20-35-17-9-10-21-40(35)41/h3-33H,1-2H3. The van der Waals surface area contributed by atoms with E-state index in [9.17, 15) is 0 Å². The van der Waals surface area contributed by atoms with Crippen LogP contribution in [0, 0.1) is 0 Å². The summed E-state index contributed by atoms with van der Waals surface area (Å²) in [6.07, 6.45) is 0. The quantitative estimate of drug-likeness (QED) is 0.178. The molecular weight excluding hydrogens is 679 g/mol. The van der Waals surface area contributed by atoms with Crippen molar-refractivity contribution >= 4 is 32.6 Å². The number of hydrogen-bond donors (Lipinski definition) is 0. The van der Waals surface area contributed by atoms with E-state index < -0.39 is 0 Å². The van der Waals surface area contributed by atoms with Gasteiger partial charge in [-0.15, -0.1) is 0 Å². The molecule has 0 spiro atoms. The number of rotatable bonds is 5. The van der Waals surface area contributed by atoms with Crippen molar-refractivity contribution in [3.8, 4) is 61.8 Å². The maximum atomic E-state index is 5.59. The molecule has 3 heteroatoms. The Labute approximate surface area is 326 Å². The lowest BCUT2D eigenvalue weighted by atomic mass is 9.69. The van der Waals surface area contributed by atoms with Crippen molar-refractivity contribution in [1.29, 1.82) is 0 Å². The number of hydrogen-bond acceptors (Lipinski definition) is 2. The summed E-state index contributed by atoms with van der Waals surface area (Å²) in [5.41, 5.74) is 15.8. The third-order valence-electron chi connectivity index (χ3n) is 11.8. The van der Waals surface area contributed by atoms with E-state index in [0.29, 0.717) is 5.95 Å². The minimum Gasteiger partial charge on any atom is -0.277 e. The van der Waals surface area contributed by atoms with Gasteiger partial charge in [-0.1, -0.05) is 184 Å². The van der Waals surface area contributed by atoms with Crippen LogP contribution in [0.25, 0.3) is 94.4 Å². The van der Waals surface area contributed by atoms with Gasteiger partial charge in [-0.3, -0.25) is 4.57 Å². The van der Waals surface area contributed by atoms with Crippen LogP contribution in [0.5, 0.6) is 0 Å². The Morgan fingerprint density at radius 2 is 1.09 bits per heavy atom. The number of para-hydroxylation sites is 1. The van der Waals surface area contributed by atoms with Crippen molar-refractivity contribution in [2.45, 2.75) is 19.3 Å². The summed E-state index contributed by atoms with van der Waals surface area (Å²) in [6.45, 7) is 4.66. The summed E-state index contributed by atoms with van der Waals surface area (Å²) in [4.78, 5) is 11.0. The topological polar surface area (TPSA) is 30.7 Å². The SMILES string of the molecule is CC1(C)c2cc(-c3ccccc3)ccc2-c2nc(-n3c(-c4ccccc4)c(-c4ccc(-c5cccc6ccccc56)cc4)c4ccccc43)nc3cccc1c23. The molecule has 2 heterocycles. The molecule has 56 heavy (non-hydrogen) atoms. The molecule has 8 aromatic carbocycles. The molecule has 0 N–H and O–H groups in total. The average Bonchev–Trinajstić information content (AvgIpc) is 3.61. The second kappa shape index (κ2) is 12.5. The van der Waals surface area contributed by atoms with Gasteiger partial charge in [0.1, 0.15) is 0 Å². The summed E-state index contributed by atoms with van der Waals surface area (Å²) >= 11 is 0. The number of fused-ring (bicyclic) bond motifs is 4. The van der Waals surface area contributed by atoms with Gasteiger partial charge in [-0.2, -0.15) is 0 Å². The summed E-state index contributed by atoms with van der Waals surface area (Å²) in [7, 11) is 0. The average molecular weight is 716 g/mol. The van der Waals surface area contributed by atoms with Crippen LogP contribution in [0.4, 0.5) is 0 Å². The lowest BCUT2D eigenvalue weighted by Gasteiger charge is -2.35. The highest BCUT2D eigenvalue weighted by Crippen LogP contribution is 2.50. The van der Waals surface area contributed by atoms with Crippen molar-refractivity contribution < 1.29 is 0 Å². The molecule has 11 rings (SSSR count). The van der Waals surface area contributed by atoms with Gasteiger partial charge in [0.05, 0.1) is 22.4 Å². The lowest BCUT2D eigenvalue weighted by molar-refractivity contribution is 0.644. The Morgan fingerprint density at radius 1 is 0.446 bits per heavy atom. The zero-order valence-electron chi connectivity index (χ0n) is 31.2. The Bertz CT molecular complexity index is 3130. The molecule has 1 aliphatic carbocycles. The van der Waals surface area contributed by atoms with E-state index >= 15 is 0 Å². The minimum absolute atomic E-state index is 0.238. The van der Waals surface area contributed by atoms with Crippen LogP contribution < -0.4 is 0 Å². The van der Waals surface area contributed by atoms with Crippen molar-refractivity contribution in [3.63, 3.8) is 0 Å². The van der Waals surface area contributed by atoms with E-state index in [1.807, 2.05) is 0 Å². The van der Waals surface area contributed by atoms with Crippen LogP contribution in [0.2, 0.25) is 0 Å². The molecule has 264 valence electrons. The first-order valence-electron chi connectivity index (χ1n) is 19.3. The molecule has 0 saturated heterocycles. The highest BCUT2D eigenvalue weighted by Gasteiger charge is 2.35. The molecule has 0 radical (unpaired) electrons. The fourth-order valence-electron chi connectivity index (χ4n) is 9.11. The van der Waals surface area contributed by atoms with Crippen LogP contribution in [-0.2, 0) is 5.41 Å². The highest BCUT2D eigenvalue weighted by molar-refractivity contribution is 6.07. The van der Waals surface area contributed by atoms with E-state index in [0.717, 1.165) is 55.4 Å². The summed E-state index contributed by atoms with van der Waals surface area (Å²) in [5.74, 6) is 0.663. The summed E-state index contributed by atoms with van der Waals surface area (Å²) in [6, 6.07) is 67.7.